The molecular formula is C22H29NO7. The summed E-state index contributed by atoms with van der Waals surface area (Å²) in [6.07, 6.45) is 0.284. The molecule has 164 valence electrons. The number of nitrogens with zero attached hydrogens (tertiary/aromatic N) is 1. The zero-order valence-corrected chi connectivity index (χ0v) is 17.8. The minimum atomic E-state index is -0.887. The van der Waals surface area contributed by atoms with Crippen LogP contribution in [0.3, 0.4) is 0 Å². The summed E-state index contributed by atoms with van der Waals surface area (Å²) in [5, 5.41) is 21.8. The summed E-state index contributed by atoms with van der Waals surface area (Å²) < 4.78 is 24.3. The van der Waals surface area contributed by atoms with Crippen LogP contribution in [0.1, 0.15) is 40.0 Å². The summed E-state index contributed by atoms with van der Waals surface area (Å²) >= 11 is 0. The van der Waals surface area contributed by atoms with Gasteiger partial charge in [-0.2, -0.15) is 0 Å². The maximum absolute atomic E-state index is 12.2. The number of ether oxygens (including phenoxy) is 4. The first-order valence-electron chi connectivity index (χ1n) is 11.0. The van der Waals surface area contributed by atoms with Crippen LogP contribution >= 0.6 is 0 Å². The number of carbonyl (C=O) groups excluding carboxylic acids is 1. The Morgan fingerprint density at radius 2 is 2.13 bits per heavy atom. The molecule has 30 heavy (non-hydrogen) atoms. The van der Waals surface area contributed by atoms with Crippen molar-refractivity contribution < 1.29 is 34.0 Å². The van der Waals surface area contributed by atoms with Gasteiger partial charge in [0.15, 0.2) is 5.76 Å². The molecule has 0 aromatic heterocycles. The minimum Gasteiger partial charge on any atom is -0.492 e. The molecular weight excluding hydrogens is 390 g/mol. The van der Waals surface area contributed by atoms with Crippen LogP contribution in [0.5, 0.6) is 0 Å². The van der Waals surface area contributed by atoms with E-state index < -0.39 is 29.5 Å². The van der Waals surface area contributed by atoms with E-state index in [-0.39, 0.29) is 29.9 Å². The fraction of sp³-hybridized carbons (Fsp3) is 0.773. The van der Waals surface area contributed by atoms with Gasteiger partial charge in [-0.05, 0) is 32.7 Å². The fourth-order valence-corrected chi connectivity index (χ4v) is 7.69. The lowest BCUT2D eigenvalue weighted by molar-refractivity contribution is -0.257. The van der Waals surface area contributed by atoms with Gasteiger partial charge in [0, 0.05) is 17.9 Å². The molecule has 2 N–H and O–H groups in total. The number of hydrogen-bond acceptors (Lipinski definition) is 8. The third-order valence-corrected chi connectivity index (χ3v) is 8.73. The molecule has 0 aromatic carbocycles. The van der Waals surface area contributed by atoms with Crippen LogP contribution in [0.4, 0.5) is 0 Å². The normalized spacial score (nSPS) is 52.0. The minimum absolute atomic E-state index is 0.0257. The Morgan fingerprint density at radius 3 is 2.83 bits per heavy atom. The fourth-order valence-electron chi connectivity index (χ4n) is 7.69. The Morgan fingerprint density at radius 1 is 1.37 bits per heavy atom. The molecule has 5 saturated heterocycles. The van der Waals surface area contributed by atoms with Crippen LogP contribution in [0, 0.1) is 17.8 Å². The van der Waals surface area contributed by atoms with E-state index in [1.54, 1.807) is 6.92 Å². The smallest absolute Gasteiger partial charge is 0.343 e. The zero-order valence-electron chi connectivity index (χ0n) is 17.8. The maximum atomic E-state index is 12.2. The van der Waals surface area contributed by atoms with E-state index in [0.717, 1.165) is 19.4 Å². The number of carbonyl (C=O) groups is 1. The lowest BCUT2D eigenvalue weighted by Gasteiger charge is -2.50. The van der Waals surface area contributed by atoms with Crippen LogP contribution in [0.2, 0.25) is 0 Å². The second kappa shape index (κ2) is 5.79. The van der Waals surface area contributed by atoms with Crippen LogP contribution in [0.15, 0.2) is 22.9 Å². The van der Waals surface area contributed by atoms with Gasteiger partial charge in [-0.15, -0.1) is 0 Å². The number of cyclic esters (lactones) is 1. The molecule has 5 fully saturated rings. The molecule has 5 bridgehead atoms. The summed E-state index contributed by atoms with van der Waals surface area (Å²) in [5.74, 6) is 0.0837. The Kier molecular flexibility index (Phi) is 3.69. The highest BCUT2D eigenvalue weighted by atomic mass is 16.7. The van der Waals surface area contributed by atoms with E-state index in [9.17, 15) is 15.0 Å². The molecule has 0 amide bonds. The molecule has 0 radical (unpaired) electrons. The number of allylic oxidation sites excluding steroid dienone is 1. The highest BCUT2D eigenvalue weighted by molar-refractivity contribution is 5.93. The Labute approximate surface area is 175 Å². The third-order valence-electron chi connectivity index (χ3n) is 8.73. The molecule has 0 aromatic rings. The molecule has 6 heterocycles. The second-order valence-electron chi connectivity index (χ2n) is 9.63. The molecule has 1 spiro atoms. The van der Waals surface area contributed by atoms with Crippen LogP contribution in [-0.4, -0.2) is 70.4 Å². The first-order valence-corrected chi connectivity index (χ1v) is 11.0. The zero-order chi connectivity index (χ0) is 21.2. The van der Waals surface area contributed by atoms with Gasteiger partial charge in [0.05, 0.1) is 36.3 Å². The van der Waals surface area contributed by atoms with Crippen molar-refractivity contribution in [3.8, 4) is 0 Å². The summed E-state index contributed by atoms with van der Waals surface area (Å²) in [7, 11) is 1.52. The van der Waals surface area contributed by atoms with E-state index in [2.05, 4.69) is 11.8 Å². The summed E-state index contributed by atoms with van der Waals surface area (Å²) in [6, 6.07) is 0.197. The first kappa shape index (κ1) is 19.1. The number of hydrogen-bond donors (Lipinski definition) is 2. The van der Waals surface area contributed by atoms with E-state index in [4.69, 9.17) is 18.9 Å². The lowest BCUT2D eigenvalue weighted by Crippen LogP contribution is -2.67. The number of piperidine rings is 1. The summed E-state index contributed by atoms with van der Waals surface area (Å²) in [6.45, 7) is 6.54. The SMILES string of the molecule is CC[C@@H](O)[C@H](O)[C@@]12[C@@H]3CCN1[C@H]1C[C@H]2O[C@@]32O/C(=C3\OC(=O)C(C)=C3OC)[C@@H](C)[C@H]12. The molecule has 6 aliphatic rings. The van der Waals surface area contributed by atoms with Gasteiger partial charge in [0.2, 0.25) is 11.5 Å². The average molecular weight is 419 g/mol. The van der Waals surface area contributed by atoms with Crippen LogP contribution in [-0.2, 0) is 23.7 Å². The number of esters is 1. The van der Waals surface area contributed by atoms with Gasteiger partial charge in [0.1, 0.15) is 11.9 Å². The monoisotopic (exact) mass is 419 g/mol. The van der Waals surface area contributed by atoms with E-state index >= 15 is 0 Å². The predicted octanol–water partition coefficient (Wildman–Crippen LogP) is 1.03. The Balaban J connectivity index is 1.48. The van der Waals surface area contributed by atoms with Crippen molar-refractivity contribution >= 4 is 5.97 Å². The maximum Gasteiger partial charge on any atom is 0.343 e. The Hall–Kier alpha value is -1.61. The number of aliphatic hydroxyl groups excluding tert-OH is 2. The van der Waals surface area contributed by atoms with E-state index in [1.807, 2.05) is 6.92 Å². The third kappa shape index (κ3) is 1.79. The standard InChI is InChI=1S/C22H29NO7/c1-5-12(24)19(25)21-13-6-7-23(21)11-8-14(21)29-22(13)15(11)9(2)17(30-22)18-16(27-4)10(3)20(26)28-18/h9,11-15,19,24-25H,5-8H2,1-4H3/b18-17-/t9-,11-,12+,13-,14+,15+,19-,21-,22+/m0/s1. The van der Waals surface area contributed by atoms with Crippen molar-refractivity contribution in [1.29, 1.82) is 0 Å². The van der Waals surface area contributed by atoms with E-state index in [0.29, 0.717) is 29.3 Å². The van der Waals surface area contributed by atoms with Crippen molar-refractivity contribution in [1.82, 2.24) is 4.90 Å². The number of methoxy groups -OCH3 is 1. The molecule has 8 nitrogen and oxygen atoms in total. The molecule has 0 aliphatic carbocycles. The molecule has 6 rings (SSSR count). The van der Waals surface area contributed by atoms with Gasteiger partial charge in [-0.1, -0.05) is 13.8 Å². The summed E-state index contributed by atoms with van der Waals surface area (Å²) in [5.41, 5.74) is -0.181. The first-order chi connectivity index (χ1) is 14.3. The average Bonchev–Trinajstić information content (AvgIpc) is 3.45. The highest BCUT2D eigenvalue weighted by Crippen LogP contribution is 2.73. The van der Waals surface area contributed by atoms with Crippen molar-refractivity contribution in [2.24, 2.45) is 17.8 Å². The number of fused-ring (bicyclic) bond motifs is 1. The second-order valence-corrected chi connectivity index (χ2v) is 9.63. The van der Waals surface area contributed by atoms with Gasteiger partial charge in [-0.3, -0.25) is 4.90 Å². The van der Waals surface area contributed by atoms with Gasteiger partial charge in [-0.25, -0.2) is 4.79 Å². The van der Waals surface area contributed by atoms with Gasteiger partial charge < -0.3 is 29.2 Å². The lowest BCUT2D eigenvalue weighted by atomic mass is 9.68. The van der Waals surface area contributed by atoms with Crippen molar-refractivity contribution in [3.05, 3.63) is 22.9 Å². The Bertz CT molecular complexity index is 898. The van der Waals surface area contributed by atoms with Gasteiger partial charge >= 0.3 is 5.97 Å². The molecule has 1 unspecified atom stereocenters. The van der Waals surface area contributed by atoms with Crippen LogP contribution < -0.4 is 0 Å². The van der Waals surface area contributed by atoms with Crippen LogP contribution in [0.25, 0.3) is 0 Å². The van der Waals surface area contributed by atoms with Crippen molar-refractivity contribution in [2.45, 2.75) is 75.7 Å². The number of rotatable bonds is 4. The van der Waals surface area contributed by atoms with E-state index in [1.165, 1.54) is 7.11 Å². The van der Waals surface area contributed by atoms with Gasteiger partial charge in [0.25, 0.3) is 0 Å². The molecule has 6 aliphatic heterocycles. The van der Waals surface area contributed by atoms with Crippen molar-refractivity contribution in [3.63, 3.8) is 0 Å². The quantitative estimate of drug-likeness (QED) is 0.653. The molecule has 8 heteroatoms. The predicted molar refractivity (Wildman–Crippen MR) is 102 cm³/mol. The molecule has 0 saturated carbocycles. The van der Waals surface area contributed by atoms with Crippen molar-refractivity contribution in [2.75, 3.05) is 13.7 Å². The molecule has 10 atom stereocenters. The topological polar surface area (TPSA) is 97.7 Å². The number of aliphatic hydroxyl groups is 2. The highest BCUT2D eigenvalue weighted by Gasteiger charge is 2.86. The largest absolute Gasteiger partial charge is 0.492 e. The summed E-state index contributed by atoms with van der Waals surface area (Å²) in [4.78, 5) is 14.6.